The van der Waals surface area contributed by atoms with E-state index in [9.17, 15) is 9.59 Å². The average molecular weight is 276 g/mol. The number of carbonyl (C=O) groups is 2. The largest absolute Gasteiger partial charge is 0.481 e. The summed E-state index contributed by atoms with van der Waals surface area (Å²) in [6, 6.07) is 7.24. The van der Waals surface area contributed by atoms with Crippen molar-refractivity contribution in [1.29, 1.82) is 0 Å². The van der Waals surface area contributed by atoms with Crippen molar-refractivity contribution in [3.8, 4) is 0 Å². The molecule has 1 aliphatic rings. The van der Waals surface area contributed by atoms with Gasteiger partial charge in [-0.05, 0) is 31.9 Å². The summed E-state index contributed by atoms with van der Waals surface area (Å²) < 4.78 is 0. The number of aryl methyl sites for hydroxylation is 1. The first-order chi connectivity index (χ1) is 9.43. The van der Waals surface area contributed by atoms with Gasteiger partial charge in [0, 0.05) is 25.3 Å². The monoisotopic (exact) mass is 276 g/mol. The molecular formula is C15H20N2O3. The molecule has 2 atom stereocenters. The molecule has 2 unspecified atom stereocenters. The molecule has 1 saturated heterocycles. The summed E-state index contributed by atoms with van der Waals surface area (Å²) in [4.78, 5) is 26.9. The minimum atomic E-state index is -0.827. The van der Waals surface area contributed by atoms with Gasteiger partial charge < -0.3 is 10.0 Å². The number of carbonyl (C=O) groups excluding carboxylic acids is 1. The molecule has 1 aliphatic heterocycles. The average Bonchev–Trinajstić information content (AvgIpc) is 2.79. The second-order valence-electron chi connectivity index (χ2n) is 5.30. The molecule has 1 fully saturated rings. The minimum Gasteiger partial charge on any atom is -0.481 e. The van der Waals surface area contributed by atoms with Crippen molar-refractivity contribution in [2.45, 2.75) is 26.3 Å². The molecule has 0 aromatic heterocycles. The fraction of sp³-hybridized carbons (Fsp3) is 0.467. The van der Waals surface area contributed by atoms with E-state index in [0.29, 0.717) is 13.0 Å². The van der Waals surface area contributed by atoms with E-state index in [-0.39, 0.29) is 12.1 Å². The lowest BCUT2D eigenvalue weighted by atomic mass is 10.0. The van der Waals surface area contributed by atoms with Crippen molar-refractivity contribution in [3.05, 3.63) is 29.8 Å². The first-order valence-electron chi connectivity index (χ1n) is 6.76. The van der Waals surface area contributed by atoms with E-state index < -0.39 is 11.9 Å². The van der Waals surface area contributed by atoms with Gasteiger partial charge in [0.05, 0.1) is 5.92 Å². The van der Waals surface area contributed by atoms with Gasteiger partial charge >= 0.3 is 12.0 Å². The molecule has 1 N–H and O–H groups in total. The van der Waals surface area contributed by atoms with E-state index in [4.69, 9.17) is 5.11 Å². The van der Waals surface area contributed by atoms with Gasteiger partial charge in [-0.2, -0.15) is 0 Å². The second-order valence-corrected chi connectivity index (χ2v) is 5.30. The van der Waals surface area contributed by atoms with Crippen LogP contribution in [0.5, 0.6) is 0 Å². The van der Waals surface area contributed by atoms with Gasteiger partial charge in [-0.15, -0.1) is 0 Å². The number of benzene rings is 1. The van der Waals surface area contributed by atoms with Crippen molar-refractivity contribution in [2.24, 2.45) is 5.92 Å². The molecule has 5 nitrogen and oxygen atoms in total. The zero-order valence-electron chi connectivity index (χ0n) is 12.0. The quantitative estimate of drug-likeness (QED) is 0.902. The van der Waals surface area contributed by atoms with Gasteiger partial charge in [-0.1, -0.05) is 18.2 Å². The van der Waals surface area contributed by atoms with Gasteiger partial charge in [0.15, 0.2) is 0 Å². The minimum absolute atomic E-state index is 0.143. The van der Waals surface area contributed by atoms with E-state index in [2.05, 4.69) is 0 Å². The number of amides is 2. The van der Waals surface area contributed by atoms with E-state index in [1.165, 1.54) is 0 Å². The van der Waals surface area contributed by atoms with Gasteiger partial charge in [0.25, 0.3) is 0 Å². The number of aliphatic carboxylic acids is 1. The predicted molar refractivity (Wildman–Crippen MR) is 76.9 cm³/mol. The Hall–Kier alpha value is -2.04. The van der Waals surface area contributed by atoms with Crippen LogP contribution in [0.25, 0.3) is 0 Å². The van der Waals surface area contributed by atoms with Crippen LogP contribution in [-0.2, 0) is 4.79 Å². The van der Waals surface area contributed by atoms with Crippen LogP contribution in [0, 0.1) is 12.8 Å². The fourth-order valence-corrected chi connectivity index (χ4v) is 2.78. The Labute approximate surface area is 118 Å². The summed E-state index contributed by atoms with van der Waals surface area (Å²) in [5, 5.41) is 9.13. The Bertz CT molecular complexity index is 530. The van der Waals surface area contributed by atoms with Crippen molar-refractivity contribution < 1.29 is 14.7 Å². The Morgan fingerprint density at radius 1 is 1.35 bits per heavy atom. The summed E-state index contributed by atoms with van der Waals surface area (Å²) >= 11 is 0. The van der Waals surface area contributed by atoms with Crippen molar-refractivity contribution >= 4 is 17.7 Å². The highest BCUT2D eigenvalue weighted by atomic mass is 16.4. The molecule has 1 aromatic carbocycles. The van der Waals surface area contributed by atoms with Crippen molar-refractivity contribution in [1.82, 2.24) is 4.90 Å². The molecule has 0 radical (unpaired) electrons. The Morgan fingerprint density at radius 3 is 2.55 bits per heavy atom. The van der Waals surface area contributed by atoms with Gasteiger partial charge in [-0.3, -0.25) is 9.69 Å². The molecule has 0 aliphatic carbocycles. The molecule has 2 rings (SSSR count). The fourth-order valence-electron chi connectivity index (χ4n) is 2.78. The SMILES string of the molecule is Cc1ccccc1N(C)C(=O)N1CCC(C(=O)O)C1C. The maximum Gasteiger partial charge on any atom is 0.324 e. The van der Waals surface area contributed by atoms with Crippen LogP contribution >= 0.6 is 0 Å². The first kappa shape index (κ1) is 14.4. The third-order valence-corrected chi connectivity index (χ3v) is 4.08. The summed E-state index contributed by atoms with van der Waals surface area (Å²) in [6.07, 6.45) is 0.518. The van der Waals surface area contributed by atoms with Gasteiger partial charge in [0.1, 0.15) is 0 Å². The molecule has 2 amide bonds. The van der Waals surface area contributed by atoms with Crippen LogP contribution in [0.4, 0.5) is 10.5 Å². The van der Waals surface area contributed by atoms with Crippen LogP contribution < -0.4 is 4.90 Å². The Kier molecular flexibility index (Phi) is 3.97. The number of hydrogen-bond donors (Lipinski definition) is 1. The van der Waals surface area contributed by atoms with Crippen LogP contribution in [0.2, 0.25) is 0 Å². The highest BCUT2D eigenvalue weighted by Gasteiger charge is 2.39. The third-order valence-electron chi connectivity index (χ3n) is 4.08. The molecule has 1 heterocycles. The number of urea groups is 1. The van der Waals surface area contributed by atoms with E-state index in [0.717, 1.165) is 11.3 Å². The molecular weight excluding hydrogens is 256 g/mol. The van der Waals surface area contributed by atoms with Gasteiger partial charge in [0.2, 0.25) is 0 Å². The predicted octanol–water partition coefficient (Wildman–Crippen LogP) is 2.35. The van der Waals surface area contributed by atoms with Crippen molar-refractivity contribution in [2.75, 3.05) is 18.5 Å². The Balaban J connectivity index is 2.16. The number of para-hydroxylation sites is 1. The summed E-state index contributed by atoms with van der Waals surface area (Å²) in [6.45, 7) is 4.25. The highest BCUT2D eigenvalue weighted by molar-refractivity contribution is 5.93. The molecule has 5 heteroatoms. The van der Waals surface area contributed by atoms with Gasteiger partial charge in [-0.25, -0.2) is 4.79 Å². The Morgan fingerprint density at radius 2 is 2.00 bits per heavy atom. The lowest BCUT2D eigenvalue weighted by Crippen LogP contribution is -2.45. The smallest absolute Gasteiger partial charge is 0.324 e. The molecule has 20 heavy (non-hydrogen) atoms. The number of carboxylic acids is 1. The van der Waals surface area contributed by atoms with E-state index in [1.807, 2.05) is 31.2 Å². The number of hydrogen-bond acceptors (Lipinski definition) is 2. The molecule has 0 spiro atoms. The van der Waals surface area contributed by atoms with E-state index >= 15 is 0 Å². The summed E-state index contributed by atoms with van der Waals surface area (Å²) in [7, 11) is 1.73. The standard InChI is InChI=1S/C15H20N2O3/c1-10-6-4-5-7-13(10)16(3)15(20)17-9-8-12(11(17)2)14(18)19/h4-7,11-12H,8-9H2,1-3H3,(H,18,19). The maximum atomic E-state index is 12.5. The number of likely N-dealkylation sites (tertiary alicyclic amines) is 1. The zero-order valence-corrected chi connectivity index (χ0v) is 12.0. The third kappa shape index (κ3) is 2.48. The topological polar surface area (TPSA) is 60.9 Å². The lowest BCUT2D eigenvalue weighted by molar-refractivity contribution is -0.142. The maximum absolute atomic E-state index is 12.5. The van der Waals surface area contributed by atoms with Crippen LogP contribution in [-0.4, -0.2) is 41.6 Å². The normalized spacial score (nSPS) is 21.9. The van der Waals surface area contributed by atoms with Crippen LogP contribution in [0.3, 0.4) is 0 Å². The molecule has 0 saturated carbocycles. The van der Waals surface area contributed by atoms with Crippen molar-refractivity contribution in [3.63, 3.8) is 0 Å². The van der Waals surface area contributed by atoms with E-state index in [1.54, 1.807) is 23.8 Å². The number of nitrogens with zero attached hydrogens (tertiary/aromatic N) is 2. The molecule has 108 valence electrons. The first-order valence-corrected chi connectivity index (χ1v) is 6.76. The molecule has 0 bridgehead atoms. The number of rotatable bonds is 2. The second kappa shape index (κ2) is 5.53. The summed E-state index contributed by atoms with van der Waals surface area (Å²) in [5.41, 5.74) is 1.87. The zero-order chi connectivity index (χ0) is 14.9. The highest BCUT2D eigenvalue weighted by Crippen LogP contribution is 2.27. The van der Waals surface area contributed by atoms with Crippen LogP contribution in [0.15, 0.2) is 24.3 Å². The summed E-state index contributed by atoms with van der Waals surface area (Å²) in [5.74, 6) is -1.30. The number of anilines is 1. The number of carboxylic acid groups (broad SMARTS) is 1. The van der Waals surface area contributed by atoms with Crippen LogP contribution in [0.1, 0.15) is 18.9 Å². The lowest BCUT2D eigenvalue weighted by Gasteiger charge is -2.29. The molecule has 1 aromatic rings.